The molecule has 0 amide bonds. The first-order chi connectivity index (χ1) is 8.71. The molecule has 1 saturated heterocycles. The van der Waals surface area contributed by atoms with Crippen molar-refractivity contribution in [2.75, 3.05) is 40.4 Å². The topological polar surface area (TPSA) is 50.8 Å². The van der Waals surface area contributed by atoms with Gasteiger partial charge in [-0.1, -0.05) is 6.92 Å². The monoisotopic (exact) mass is 258 g/mol. The molecule has 1 heterocycles. The molecule has 0 saturated carbocycles. The Kier molecular flexibility index (Phi) is 7.23. The molecule has 5 nitrogen and oxygen atoms in total. The predicted molar refractivity (Wildman–Crippen MR) is 70.6 cm³/mol. The van der Waals surface area contributed by atoms with Crippen molar-refractivity contribution >= 4 is 5.97 Å². The summed E-state index contributed by atoms with van der Waals surface area (Å²) in [7, 11) is 3.22. The van der Waals surface area contributed by atoms with Crippen LogP contribution in [0.1, 0.15) is 26.2 Å². The van der Waals surface area contributed by atoms with E-state index in [1.807, 2.05) is 0 Å². The van der Waals surface area contributed by atoms with Gasteiger partial charge in [-0.3, -0.25) is 4.79 Å². The lowest BCUT2D eigenvalue weighted by molar-refractivity contribution is -0.143. The van der Waals surface area contributed by atoms with E-state index < -0.39 is 0 Å². The Labute approximate surface area is 110 Å². The Morgan fingerprint density at radius 3 is 3.00 bits per heavy atom. The first-order valence-electron chi connectivity index (χ1n) is 6.80. The van der Waals surface area contributed by atoms with E-state index in [0.717, 1.165) is 45.5 Å². The van der Waals surface area contributed by atoms with Crippen molar-refractivity contribution in [3.8, 4) is 0 Å². The van der Waals surface area contributed by atoms with Crippen molar-refractivity contribution in [3.05, 3.63) is 0 Å². The molecule has 1 N–H and O–H groups in total. The second-order valence-corrected chi connectivity index (χ2v) is 4.71. The lowest BCUT2D eigenvalue weighted by Crippen LogP contribution is -2.40. The summed E-state index contributed by atoms with van der Waals surface area (Å²) in [5.74, 6) is -0.185. The lowest BCUT2D eigenvalue weighted by Gasteiger charge is -2.24. The van der Waals surface area contributed by atoms with Gasteiger partial charge >= 0.3 is 5.97 Å². The number of likely N-dealkylation sites (N-methyl/N-ethyl adjacent to an activating group) is 1. The molecule has 0 aliphatic carbocycles. The van der Waals surface area contributed by atoms with Crippen LogP contribution in [0.15, 0.2) is 0 Å². The molecule has 0 bridgehead atoms. The SMILES string of the molecule is CCC1CN(CCC(NC)C(=O)OC)CCCO1. The van der Waals surface area contributed by atoms with Crippen LogP contribution in [0.3, 0.4) is 0 Å². The molecule has 0 radical (unpaired) electrons. The minimum absolute atomic E-state index is 0.185. The number of methoxy groups -OCH3 is 1. The highest BCUT2D eigenvalue weighted by molar-refractivity contribution is 5.75. The summed E-state index contributed by atoms with van der Waals surface area (Å²) in [4.78, 5) is 13.9. The van der Waals surface area contributed by atoms with Crippen LogP contribution in [0.2, 0.25) is 0 Å². The van der Waals surface area contributed by atoms with Crippen molar-refractivity contribution in [2.24, 2.45) is 0 Å². The number of nitrogens with one attached hydrogen (secondary N) is 1. The van der Waals surface area contributed by atoms with Crippen LogP contribution in [-0.4, -0.2) is 63.4 Å². The van der Waals surface area contributed by atoms with E-state index in [1.165, 1.54) is 7.11 Å². The zero-order valence-electron chi connectivity index (χ0n) is 11.8. The molecule has 1 rings (SSSR count). The van der Waals surface area contributed by atoms with E-state index >= 15 is 0 Å². The minimum atomic E-state index is -0.209. The number of hydrogen-bond donors (Lipinski definition) is 1. The van der Waals surface area contributed by atoms with Gasteiger partial charge < -0.3 is 19.7 Å². The molecular formula is C13H26N2O3. The lowest BCUT2D eigenvalue weighted by atomic mass is 10.2. The van der Waals surface area contributed by atoms with Crippen LogP contribution >= 0.6 is 0 Å². The third-order valence-electron chi connectivity index (χ3n) is 3.46. The first kappa shape index (κ1) is 15.4. The van der Waals surface area contributed by atoms with Gasteiger partial charge in [-0.15, -0.1) is 0 Å². The molecule has 2 unspecified atom stereocenters. The summed E-state index contributed by atoms with van der Waals surface area (Å²) in [5, 5.41) is 3.00. The standard InChI is InChI=1S/C13H26N2O3/c1-4-11-10-15(7-5-9-18-11)8-6-12(14-2)13(16)17-3/h11-12,14H,4-10H2,1-3H3. The van der Waals surface area contributed by atoms with Crippen molar-refractivity contribution in [1.82, 2.24) is 10.2 Å². The zero-order valence-corrected chi connectivity index (χ0v) is 11.8. The summed E-state index contributed by atoms with van der Waals surface area (Å²) < 4.78 is 10.5. The third-order valence-corrected chi connectivity index (χ3v) is 3.46. The Bertz CT molecular complexity index is 248. The van der Waals surface area contributed by atoms with Crippen molar-refractivity contribution in [2.45, 2.75) is 38.3 Å². The minimum Gasteiger partial charge on any atom is -0.468 e. The maximum Gasteiger partial charge on any atom is 0.322 e. The molecule has 0 spiro atoms. The average molecular weight is 258 g/mol. The summed E-state index contributed by atoms with van der Waals surface area (Å²) >= 11 is 0. The van der Waals surface area contributed by atoms with Crippen LogP contribution in [0.4, 0.5) is 0 Å². The highest BCUT2D eigenvalue weighted by Gasteiger charge is 2.21. The van der Waals surface area contributed by atoms with Crippen molar-refractivity contribution in [1.29, 1.82) is 0 Å². The number of ether oxygens (including phenoxy) is 2. The van der Waals surface area contributed by atoms with Gasteiger partial charge in [0.05, 0.1) is 13.2 Å². The Hall–Kier alpha value is -0.650. The van der Waals surface area contributed by atoms with E-state index in [0.29, 0.717) is 6.10 Å². The van der Waals surface area contributed by atoms with E-state index in [1.54, 1.807) is 7.05 Å². The molecule has 1 fully saturated rings. The van der Waals surface area contributed by atoms with Gasteiger partial charge in [-0.25, -0.2) is 0 Å². The summed E-state index contributed by atoms with van der Waals surface area (Å²) in [6.07, 6.45) is 3.22. The Morgan fingerprint density at radius 1 is 1.61 bits per heavy atom. The van der Waals surface area contributed by atoms with Crippen molar-refractivity contribution in [3.63, 3.8) is 0 Å². The molecule has 0 aromatic heterocycles. The highest BCUT2D eigenvalue weighted by Crippen LogP contribution is 2.09. The zero-order chi connectivity index (χ0) is 13.4. The van der Waals surface area contributed by atoms with Crippen LogP contribution < -0.4 is 5.32 Å². The fraction of sp³-hybridized carbons (Fsp3) is 0.923. The van der Waals surface area contributed by atoms with Gasteiger partial charge in [0.25, 0.3) is 0 Å². The molecule has 18 heavy (non-hydrogen) atoms. The summed E-state index contributed by atoms with van der Waals surface area (Å²) in [6, 6.07) is -0.209. The van der Waals surface area contributed by atoms with Crippen LogP contribution in [0, 0.1) is 0 Å². The number of esters is 1. The average Bonchev–Trinajstić information content (AvgIpc) is 2.64. The first-order valence-corrected chi connectivity index (χ1v) is 6.80. The smallest absolute Gasteiger partial charge is 0.322 e. The van der Waals surface area contributed by atoms with Crippen molar-refractivity contribution < 1.29 is 14.3 Å². The number of carbonyl (C=O) groups excluding carboxylic acids is 1. The van der Waals surface area contributed by atoms with Crippen LogP contribution in [0.25, 0.3) is 0 Å². The van der Waals surface area contributed by atoms with Gasteiger partial charge in [0.15, 0.2) is 0 Å². The van der Waals surface area contributed by atoms with Gasteiger partial charge in [0, 0.05) is 26.2 Å². The van der Waals surface area contributed by atoms with Crippen LogP contribution in [0.5, 0.6) is 0 Å². The number of hydrogen-bond acceptors (Lipinski definition) is 5. The summed E-state index contributed by atoms with van der Waals surface area (Å²) in [5.41, 5.74) is 0. The fourth-order valence-corrected chi connectivity index (χ4v) is 2.25. The van der Waals surface area contributed by atoms with Gasteiger partial charge in [-0.05, 0) is 26.3 Å². The highest BCUT2D eigenvalue weighted by atomic mass is 16.5. The molecule has 5 heteroatoms. The third kappa shape index (κ3) is 4.92. The summed E-state index contributed by atoms with van der Waals surface area (Å²) in [6.45, 7) is 5.92. The molecule has 0 aromatic rings. The van der Waals surface area contributed by atoms with E-state index in [-0.39, 0.29) is 12.0 Å². The molecule has 0 aromatic carbocycles. The number of nitrogens with zero attached hydrogens (tertiary/aromatic N) is 1. The van der Waals surface area contributed by atoms with Gasteiger partial charge in [-0.2, -0.15) is 0 Å². The van der Waals surface area contributed by atoms with Crippen LogP contribution in [-0.2, 0) is 14.3 Å². The number of carbonyl (C=O) groups is 1. The van der Waals surface area contributed by atoms with E-state index in [9.17, 15) is 4.79 Å². The van der Waals surface area contributed by atoms with Gasteiger partial charge in [0.2, 0.25) is 0 Å². The second kappa shape index (κ2) is 8.45. The largest absolute Gasteiger partial charge is 0.468 e. The predicted octanol–water partition coefficient (Wildman–Crippen LogP) is 0.638. The Balaban J connectivity index is 2.38. The maximum absolute atomic E-state index is 11.5. The molecule has 1 aliphatic heterocycles. The van der Waals surface area contributed by atoms with E-state index in [4.69, 9.17) is 9.47 Å². The van der Waals surface area contributed by atoms with Gasteiger partial charge in [0.1, 0.15) is 6.04 Å². The number of rotatable bonds is 6. The molecule has 1 aliphatic rings. The molecule has 2 atom stereocenters. The van der Waals surface area contributed by atoms with E-state index in [2.05, 4.69) is 17.1 Å². The maximum atomic E-state index is 11.5. The second-order valence-electron chi connectivity index (χ2n) is 4.71. The normalized spacial score (nSPS) is 23.4. The Morgan fingerprint density at radius 2 is 2.39 bits per heavy atom. The molecular weight excluding hydrogens is 232 g/mol. The quantitative estimate of drug-likeness (QED) is 0.709. The fourth-order valence-electron chi connectivity index (χ4n) is 2.25. The molecule has 106 valence electrons.